The van der Waals surface area contributed by atoms with E-state index in [4.69, 9.17) is 0 Å². The molecule has 0 saturated heterocycles. The zero-order chi connectivity index (χ0) is 20.5. The molecule has 0 aliphatic carbocycles. The van der Waals surface area contributed by atoms with Crippen molar-refractivity contribution in [2.24, 2.45) is 10.9 Å². The van der Waals surface area contributed by atoms with Crippen molar-refractivity contribution >= 4 is 23.7 Å². The molecule has 29 heavy (non-hydrogen) atoms. The minimum Gasteiger partial charge on any atom is -0.295 e. The van der Waals surface area contributed by atoms with Gasteiger partial charge in [0.15, 0.2) is 5.92 Å². The molecule has 1 unspecified atom stereocenters. The van der Waals surface area contributed by atoms with Gasteiger partial charge >= 0.3 is 0 Å². The van der Waals surface area contributed by atoms with Crippen molar-refractivity contribution in [3.05, 3.63) is 90.5 Å². The van der Waals surface area contributed by atoms with Gasteiger partial charge in [0.25, 0.3) is 0 Å². The van der Waals surface area contributed by atoms with E-state index in [-0.39, 0.29) is 6.42 Å². The molecule has 5 nitrogen and oxygen atoms in total. The fourth-order valence-corrected chi connectivity index (χ4v) is 2.80. The second-order valence-electron chi connectivity index (χ2n) is 6.34. The van der Waals surface area contributed by atoms with Gasteiger partial charge in [-0.2, -0.15) is 5.26 Å². The molecule has 0 aliphatic heterocycles. The van der Waals surface area contributed by atoms with Crippen LogP contribution in [-0.4, -0.2) is 18.0 Å². The summed E-state index contributed by atoms with van der Waals surface area (Å²) in [5.41, 5.74) is 3.30. The number of nitrogens with one attached hydrogen (secondary N) is 1. The molecule has 3 aromatic carbocycles. The van der Waals surface area contributed by atoms with Crippen LogP contribution in [0.3, 0.4) is 0 Å². The Balaban J connectivity index is 1.70. The second kappa shape index (κ2) is 9.77. The molecule has 0 saturated carbocycles. The van der Waals surface area contributed by atoms with Crippen LogP contribution < -0.4 is 5.32 Å². The Morgan fingerprint density at radius 2 is 1.55 bits per heavy atom. The molecule has 5 heteroatoms. The highest BCUT2D eigenvalue weighted by Crippen LogP contribution is 2.29. The van der Waals surface area contributed by atoms with E-state index in [9.17, 15) is 14.9 Å². The number of para-hydroxylation sites is 1. The van der Waals surface area contributed by atoms with Gasteiger partial charge in [0, 0.05) is 11.8 Å². The quantitative estimate of drug-likeness (QED) is 0.653. The number of hydrogen-bond acceptors (Lipinski definition) is 4. The summed E-state index contributed by atoms with van der Waals surface area (Å²) in [5, 5.41) is 11.6. The van der Waals surface area contributed by atoms with Gasteiger partial charge in [-0.15, -0.1) is 0 Å². The summed E-state index contributed by atoms with van der Waals surface area (Å²) >= 11 is 0. The normalized spacial score (nSPS) is 11.6. The predicted molar refractivity (Wildman–Crippen MR) is 112 cm³/mol. The van der Waals surface area contributed by atoms with Crippen LogP contribution in [-0.2, 0) is 16.0 Å². The molecule has 0 fully saturated rings. The van der Waals surface area contributed by atoms with Gasteiger partial charge in [-0.3, -0.25) is 19.9 Å². The van der Waals surface area contributed by atoms with Gasteiger partial charge in [-0.1, -0.05) is 78.9 Å². The molecule has 1 N–H and O–H groups in total. The SMILES string of the molecule is N#CC(C=Nc1ccccc1-c1ccccc1)C(=O)NC(=O)Cc1ccccc1. The molecule has 1 atom stereocenters. The average molecular weight is 381 g/mol. The molecule has 2 amide bonds. The third-order valence-corrected chi connectivity index (χ3v) is 4.24. The lowest BCUT2D eigenvalue weighted by Gasteiger charge is -2.07. The number of aliphatic imine (C=N–C) groups is 1. The van der Waals surface area contributed by atoms with Crippen molar-refractivity contribution in [3.63, 3.8) is 0 Å². The molecule has 3 rings (SSSR count). The van der Waals surface area contributed by atoms with Gasteiger partial charge in [-0.05, 0) is 17.2 Å². The maximum Gasteiger partial charge on any atom is 0.249 e. The number of rotatable bonds is 6. The smallest absolute Gasteiger partial charge is 0.249 e. The molecule has 0 aromatic heterocycles. The standard InChI is InChI=1S/C24H19N3O2/c25-16-20(24(29)27-23(28)15-18-9-3-1-4-10-18)17-26-22-14-8-7-13-21(22)19-11-5-2-6-12-19/h1-14,17,20H,15H2,(H,27,28,29). The Hall–Kier alpha value is -4.04. The zero-order valence-corrected chi connectivity index (χ0v) is 15.7. The predicted octanol–water partition coefficient (Wildman–Crippen LogP) is 4.08. The van der Waals surface area contributed by atoms with Crippen molar-refractivity contribution in [2.75, 3.05) is 0 Å². The summed E-state index contributed by atoms with van der Waals surface area (Å²) in [4.78, 5) is 28.7. The van der Waals surface area contributed by atoms with Crippen molar-refractivity contribution < 1.29 is 9.59 Å². The molecule has 0 bridgehead atoms. The van der Waals surface area contributed by atoms with Gasteiger partial charge in [-0.25, -0.2) is 0 Å². The van der Waals surface area contributed by atoms with Gasteiger partial charge in [0.1, 0.15) is 0 Å². The largest absolute Gasteiger partial charge is 0.295 e. The number of benzene rings is 3. The lowest BCUT2D eigenvalue weighted by Crippen LogP contribution is -2.36. The van der Waals surface area contributed by atoms with Crippen LogP contribution in [0.1, 0.15) is 5.56 Å². The number of amides is 2. The van der Waals surface area contributed by atoms with Crippen LogP contribution >= 0.6 is 0 Å². The Labute approximate surface area is 169 Å². The van der Waals surface area contributed by atoms with E-state index in [1.807, 2.05) is 78.9 Å². The number of nitrogens with zero attached hydrogens (tertiary/aromatic N) is 2. The fourth-order valence-electron chi connectivity index (χ4n) is 2.80. The van der Waals surface area contributed by atoms with Crippen LogP contribution in [0.5, 0.6) is 0 Å². The molecule has 0 heterocycles. The molecule has 0 aliphatic rings. The molecule has 0 spiro atoms. The first-order chi connectivity index (χ1) is 14.2. The van der Waals surface area contributed by atoms with Gasteiger partial charge < -0.3 is 0 Å². The number of carbonyl (C=O) groups excluding carboxylic acids is 2. The lowest BCUT2D eigenvalue weighted by molar-refractivity contribution is -0.130. The minimum atomic E-state index is -1.17. The summed E-state index contributed by atoms with van der Waals surface area (Å²) in [5.74, 6) is -2.31. The summed E-state index contributed by atoms with van der Waals surface area (Å²) < 4.78 is 0. The van der Waals surface area contributed by atoms with E-state index in [1.165, 1.54) is 6.21 Å². The summed E-state index contributed by atoms with van der Waals surface area (Å²) in [6.45, 7) is 0. The summed E-state index contributed by atoms with van der Waals surface area (Å²) in [7, 11) is 0. The van der Waals surface area contributed by atoms with Crippen LogP contribution in [0.2, 0.25) is 0 Å². The average Bonchev–Trinajstić information content (AvgIpc) is 2.75. The molecular weight excluding hydrogens is 362 g/mol. The van der Waals surface area contributed by atoms with Crippen LogP contribution in [0.15, 0.2) is 89.9 Å². The van der Waals surface area contributed by atoms with E-state index in [1.54, 1.807) is 12.1 Å². The van der Waals surface area contributed by atoms with Crippen LogP contribution in [0, 0.1) is 17.2 Å². The highest BCUT2D eigenvalue weighted by molar-refractivity contribution is 6.05. The maximum atomic E-state index is 12.3. The van der Waals surface area contributed by atoms with Crippen molar-refractivity contribution in [1.82, 2.24) is 5.32 Å². The van der Waals surface area contributed by atoms with Crippen molar-refractivity contribution in [2.45, 2.75) is 6.42 Å². The minimum absolute atomic E-state index is 0.0682. The summed E-state index contributed by atoms with van der Waals surface area (Å²) in [6, 6.07) is 28.2. The lowest BCUT2D eigenvalue weighted by atomic mass is 10.0. The van der Waals surface area contributed by atoms with E-state index in [2.05, 4.69) is 10.3 Å². The summed E-state index contributed by atoms with van der Waals surface area (Å²) in [6.07, 6.45) is 1.34. The Kier molecular flexibility index (Phi) is 6.64. The first-order valence-corrected chi connectivity index (χ1v) is 9.13. The third kappa shape index (κ3) is 5.47. The topological polar surface area (TPSA) is 82.3 Å². The maximum absolute atomic E-state index is 12.3. The van der Waals surface area contributed by atoms with E-state index < -0.39 is 17.7 Å². The Morgan fingerprint density at radius 1 is 0.931 bits per heavy atom. The van der Waals surface area contributed by atoms with Gasteiger partial charge in [0.05, 0.1) is 18.2 Å². The van der Waals surface area contributed by atoms with E-state index >= 15 is 0 Å². The van der Waals surface area contributed by atoms with Crippen LogP contribution in [0.4, 0.5) is 5.69 Å². The van der Waals surface area contributed by atoms with Crippen molar-refractivity contribution in [1.29, 1.82) is 5.26 Å². The molecule has 0 radical (unpaired) electrons. The van der Waals surface area contributed by atoms with E-state index in [0.717, 1.165) is 16.7 Å². The molecule has 142 valence electrons. The molecule has 3 aromatic rings. The monoisotopic (exact) mass is 381 g/mol. The second-order valence-corrected chi connectivity index (χ2v) is 6.34. The van der Waals surface area contributed by atoms with Crippen LogP contribution in [0.25, 0.3) is 11.1 Å². The first-order valence-electron chi connectivity index (χ1n) is 9.13. The van der Waals surface area contributed by atoms with E-state index in [0.29, 0.717) is 5.69 Å². The number of hydrogen-bond donors (Lipinski definition) is 1. The molecular formula is C24H19N3O2. The highest BCUT2D eigenvalue weighted by Gasteiger charge is 2.18. The number of carbonyl (C=O) groups is 2. The Morgan fingerprint density at radius 3 is 2.24 bits per heavy atom. The first kappa shape index (κ1) is 19.7. The third-order valence-electron chi connectivity index (χ3n) is 4.24. The zero-order valence-electron chi connectivity index (χ0n) is 15.7. The number of imide groups is 1. The fraction of sp³-hybridized carbons (Fsp3) is 0.0833. The Bertz CT molecular complexity index is 1050. The van der Waals surface area contributed by atoms with Gasteiger partial charge in [0.2, 0.25) is 11.8 Å². The highest BCUT2D eigenvalue weighted by atomic mass is 16.2. The number of nitriles is 1. The van der Waals surface area contributed by atoms with Crippen molar-refractivity contribution in [3.8, 4) is 17.2 Å².